The quantitative estimate of drug-likeness (QED) is 0.637. The topological polar surface area (TPSA) is 39.2 Å². The van der Waals surface area contributed by atoms with Gasteiger partial charge in [0.25, 0.3) is 0 Å². The Morgan fingerprint density at radius 1 is 1.58 bits per heavy atom. The summed E-state index contributed by atoms with van der Waals surface area (Å²) in [5.41, 5.74) is 0. The van der Waals surface area contributed by atoms with E-state index in [2.05, 4.69) is 11.9 Å². The number of ether oxygens (including phenoxy) is 1. The van der Waals surface area contributed by atoms with Gasteiger partial charge in [-0.05, 0) is 12.5 Å². The van der Waals surface area contributed by atoms with E-state index in [-0.39, 0.29) is 5.97 Å². The van der Waals surface area contributed by atoms with Gasteiger partial charge in [0.1, 0.15) is 0 Å². The summed E-state index contributed by atoms with van der Waals surface area (Å²) in [5, 5.41) is 0. The van der Waals surface area contributed by atoms with Crippen molar-refractivity contribution in [3.8, 4) is 5.88 Å². The molecule has 0 saturated carbocycles. The average Bonchev–Trinajstić information content (AvgIpc) is 2.06. The van der Waals surface area contributed by atoms with Gasteiger partial charge in [-0.15, -0.1) is 0 Å². The van der Waals surface area contributed by atoms with Crippen molar-refractivity contribution < 1.29 is 9.53 Å². The molecule has 1 rings (SSSR count). The van der Waals surface area contributed by atoms with Gasteiger partial charge in [-0.1, -0.05) is 13.0 Å². The van der Waals surface area contributed by atoms with Gasteiger partial charge in [0.2, 0.25) is 5.88 Å². The monoisotopic (exact) mass is 164 g/mol. The van der Waals surface area contributed by atoms with Crippen LogP contribution in [0.25, 0.3) is 0 Å². The highest BCUT2D eigenvalue weighted by atomic mass is 16.5. The summed E-state index contributed by atoms with van der Waals surface area (Å²) in [6.07, 6.45) is 2.45. The molecule has 1 aromatic rings. The number of hydrogen-bond acceptors (Lipinski definition) is 3. The summed E-state index contributed by atoms with van der Waals surface area (Å²) in [4.78, 5) is 14.7. The highest BCUT2D eigenvalue weighted by Gasteiger charge is 2.02. The zero-order valence-corrected chi connectivity index (χ0v) is 6.69. The predicted molar refractivity (Wildman–Crippen MR) is 44.5 cm³/mol. The molecule has 0 aromatic carbocycles. The molecule has 3 heteroatoms. The van der Waals surface area contributed by atoms with Crippen LogP contribution >= 0.6 is 0 Å². The second kappa shape index (κ2) is 4.49. The van der Waals surface area contributed by atoms with Crippen molar-refractivity contribution >= 4 is 5.97 Å². The summed E-state index contributed by atoms with van der Waals surface area (Å²) in [5.74, 6) is 0.0552. The van der Waals surface area contributed by atoms with Crippen LogP contribution in [0, 0.1) is 6.92 Å². The number of rotatable bonds is 3. The minimum absolute atomic E-state index is 0.288. The zero-order chi connectivity index (χ0) is 8.81. The van der Waals surface area contributed by atoms with Gasteiger partial charge in [0.05, 0.1) is 0 Å². The average molecular weight is 164 g/mol. The Bertz CT molecular complexity index is 246. The normalized spacial score (nSPS) is 9.42. The molecule has 0 unspecified atom stereocenters. The molecule has 1 radical (unpaired) electrons. The number of carbonyl (C=O) groups is 1. The fourth-order valence-corrected chi connectivity index (χ4v) is 0.719. The molecule has 63 valence electrons. The van der Waals surface area contributed by atoms with E-state index in [0.717, 1.165) is 0 Å². The van der Waals surface area contributed by atoms with Crippen molar-refractivity contribution in [3.05, 3.63) is 31.3 Å². The second-order valence-electron chi connectivity index (χ2n) is 2.25. The molecule has 1 heterocycles. The summed E-state index contributed by atoms with van der Waals surface area (Å²) in [6, 6.07) is 5.17. The first-order valence-electron chi connectivity index (χ1n) is 3.74. The van der Waals surface area contributed by atoms with Crippen LogP contribution in [0.1, 0.15) is 12.8 Å². The van der Waals surface area contributed by atoms with Crippen molar-refractivity contribution in [2.45, 2.75) is 12.8 Å². The van der Waals surface area contributed by atoms with Gasteiger partial charge >= 0.3 is 5.97 Å². The summed E-state index contributed by atoms with van der Waals surface area (Å²) in [6.45, 7) is 3.55. The molecule has 0 aliphatic heterocycles. The maximum absolute atomic E-state index is 10.9. The van der Waals surface area contributed by atoms with Crippen LogP contribution in [-0.2, 0) is 4.79 Å². The third kappa shape index (κ3) is 2.70. The smallest absolute Gasteiger partial charge is 0.312 e. The van der Waals surface area contributed by atoms with Gasteiger partial charge in [-0.3, -0.25) is 4.79 Å². The van der Waals surface area contributed by atoms with E-state index >= 15 is 0 Å². The Labute approximate surface area is 71.4 Å². The SMILES string of the molecule is [CH2]CCC(=O)Oc1ccccn1. The molecule has 1 aromatic heterocycles. The standard InChI is InChI=1S/C9H10NO2/c1-2-5-9(11)12-8-6-3-4-7-10-8/h3-4,6-7H,1-2,5H2. The van der Waals surface area contributed by atoms with Gasteiger partial charge in [-0.2, -0.15) is 0 Å². The first kappa shape index (κ1) is 8.71. The van der Waals surface area contributed by atoms with Crippen molar-refractivity contribution in [2.75, 3.05) is 0 Å². The maximum atomic E-state index is 10.9. The predicted octanol–water partition coefficient (Wildman–Crippen LogP) is 1.60. The lowest BCUT2D eigenvalue weighted by Crippen LogP contribution is -2.07. The Morgan fingerprint density at radius 2 is 2.42 bits per heavy atom. The van der Waals surface area contributed by atoms with E-state index in [1.807, 2.05) is 0 Å². The second-order valence-corrected chi connectivity index (χ2v) is 2.25. The van der Waals surface area contributed by atoms with Crippen LogP contribution in [0.3, 0.4) is 0 Å². The molecule has 0 N–H and O–H groups in total. The van der Waals surface area contributed by atoms with Gasteiger partial charge in [-0.25, -0.2) is 4.98 Å². The third-order valence-corrected chi connectivity index (χ3v) is 1.24. The fraction of sp³-hybridized carbons (Fsp3) is 0.222. The molecule has 0 atom stereocenters. The van der Waals surface area contributed by atoms with Crippen LogP contribution in [0.2, 0.25) is 0 Å². The first-order chi connectivity index (χ1) is 5.83. The molecule has 0 aliphatic rings. The Kier molecular flexibility index (Phi) is 3.26. The van der Waals surface area contributed by atoms with Crippen LogP contribution in [0.5, 0.6) is 5.88 Å². The molecule has 3 nitrogen and oxygen atoms in total. The molecule has 0 aliphatic carbocycles. The molecule has 0 bridgehead atoms. The first-order valence-corrected chi connectivity index (χ1v) is 3.74. The van der Waals surface area contributed by atoms with Gasteiger partial charge in [0.15, 0.2) is 0 Å². The van der Waals surface area contributed by atoms with E-state index in [1.54, 1.807) is 24.4 Å². The van der Waals surface area contributed by atoms with E-state index < -0.39 is 0 Å². The molecule has 0 saturated heterocycles. The number of nitrogens with zero attached hydrogens (tertiary/aromatic N) is 1. The van der Waals surface area contributed by atoms with Crippen LogP contribution in [-0.4, -0.2) is 11.0 Å². The molecule has 0 fully saturated rings. The summed E-state index contributed by atoms with van der Waals surface area (Å²) >= 11 is 0. The number of hydrogen-bond donors (Lipinski definition) is 0. The van der Waals surface area contributed by atoms with Crippen molar-refractivity contribution in [1.29, 1.82) is 0 Å². The molecular weight excluding hydrogens is 154 g/mol. The van der Waals surface area contributed by atoms with Crippen LogP contribution < -0.4 is 4.74 Å². The lowest BCUT2D eigenvalue weighted by Gasteiger charge is -1.99. The Hall–Kier alpha value is -1.38. The van der Waals surface area contributed by atoms with Gasteiger partial charge in [0, 0.05) is 18.7 Å². The minimum Gasteiger partial charge on any atom is -0.407 e. The lowest BCUT2D eigenvalue weighted by atomic mass is 10.3. The van der Waals surface area contributed by atoms with Crippen molar-refractivity contribution in [3.63, 3.8) is 0 Å². The summed E-state index contributed by atoms with van der Waals surface area (Å²) < 4.78 is 4.86. The lowest BCUT2D eigenvalue weighted by molar-refractivity contribution is -0.134. The van der Waals surface area contributed by atoms with Crippen molar-refractivity contribution in [2.24, 2.45) is 0 Å². The highest BCUT2D eigenvalue weighted by molar-refractivity contribution is 5.71. The van der Waals surface area contributed by atoms with E-state index in [1.165, 1.54) is 0 Å². The minimum atomic E-state index is -0.288. The Balaban J connectivity index is 2.47. The van der Waals surface area contributed by atoms with Crippen LogP contribution in [0.15, 0.2) is 24.4 Å². The zero-order valence-electron chi connectivity index (χ0n) is 6.69. The third-order valence-electron chi connectivity index (χ3n) is 1.24. The van der Waals surface area contributed by atoms with E-state index in [4.69, 9.17) is 4.74 Å². The largest absolute Gasteiger partial charge is 0.407 e. The maximum Gasteiger partial charge on any atom is 0.312 e. The Morgan fingerprint density at radius 3 is 3.00 bits per heavy atom. The fourth-order valence-electron chi connectivity index (χ4n) is 0.719. The van der Waals surface area contributed by atoms with Crippen LogP contribution in [0.4, 0.5) is 0 Å². The number of aromatic nitrogens is 1. The number of carbonyl (C=O) groups excluding carboxylic acids is 1. The van der Waals surface area contributed by atoms with Gasteiger partial charge < -0.3 is 4.74 Å². The summed E-state index contributed by atoms with van der Waals surface area (Å²) in [7, 11) is 0. The molecular formula is C9H10NO2. The number of esters is 1. The highest BCUT2D eigenvalue weighted by Crippen LogP contribution is 2.04. The van der Waals surface area contributed by atoms with E-state index in [9.17, 15) is 4.79 Å². The van der Waals surface area contributed by atoms with E-state index in [0.29, 0.717) is 18.7 Å². The van der Waals surface area contributed by atoms with Crippen molar-refractivity contribution in [1.82, 2.24) is 4.98 Å². The number of pyridine rings is 1. The molecule has 0 spiro atoms. The molecule has 0 amide bonds. The molecule has 12 heavy (non-hydrogen) atoms.